The lowest BCUT2D eigenvalue weighted by atomic mass is 10.0. The topological polar surface area (TPSA) is 101 Å². The zero-order valence-corrected chi connectivity index (χ0v) is 19.0. The lowest BCUT2D eigenvalue weighted by molar-refractivity contribution is -0.148. The predicted octanol–water partition coefficient (Wildman–Crippen LogP) is 4.15. The highest BCUT2D eigenvalue weighted by molar-refractivity contribution is 7.17. The van der Waals surface area contributed by atoms with E-state index in [9.17, 15) is 14.4 Å². The maximum absolute atomic E-state index is 12.8. The molecule has 0 saturated heterocycles. The quantitative estimate of drug-likeness (QED) is 0.403. The van der Waals surface area contributed by atoms with Crippen molar-refractivity contribution < 1.29 is 14.3 Å². The summed E-state index contributed by atoms with van der Waals surface area (Å²) in [7, 11) is 0. The van der Waals surface area contributed by atoms with E-state index in [1.54, 1.807) is 24.3 Å². The van der Waals surface area contributed by atoms with Gasteiger partial charge in [0.15, 0.2) is 0 Å². The van der Waals surface area contributed by atoms with Crippen LogP contribution in [0.4, 0.5) is 0 Å². The minimum Gasteiger partial charge on any atom is -0.456 e. The van der Waals surface area contributed by atoms with Crippen LogP contribution >= 0.6 is 11.3 Å². The van der Waals surface area contributed by atoms with Gasteiger partial charge in [-0.3, -0.25) is 9.59 Å². The zero-order chi connectivity index (χ0) is 23.4. The molecule has 1 atom stereocenters. The molecule has 7 nitrogen and oxygen atoms in total. The Kier molecular flexibility index (Phi) is 6.65. The molecule has 8 heteroatoms. The number of nitrogens with zero attached hydrogens (tertiary/aromatic N) is 1. The fourth-order valence-electron chi connectivity index (χ4n) is 3.43. The Balaban J connectivity index is 1.48. The van der Waals surface area contributed by atoms with Gasteiger partial charge in [-0.2, -0.15) is 0 Å². The van der Waals surface area contributed by atoms with Crippen molar-refractivity contribution in [3.63, 3.8) is 0 Å². The molecular weight excluding hydrogens is 438 g/mol. The third-order valence-electron chi connectivity index (χ3n) is 5.17. The molecule has 0 aliphatic rings. The van der Waals surface area contributed by atoms with Gasteiger partial charge in [0.25, 0.3) is 11.5 Å². The molecule has 2 aromatic carbocycles. The van der Waals surface area contributed by atoms with E-state index in [1.165, 1.54) is 11.3 Å². The van der Waals surface area contributed by atoms with Crippen molar-refractivity contribution in [1.29, 1.82) is 0 Å². The number of hydrogen-bond donors (Lipinski definition) is 2. The average Bonchev–Trinajstić information content (AvgIpc) is 3.26. The van der Waals surface area contributed by atoms with Crippen molar-refractivity contribution in [2.75, 3.05) is 0 Å². The summed E-state index contributed by atoms with van der Waals surface area (Å²) in [5.74, 6) is -0.885. The average molecular weight is 462 g/mol. The molecule has 2 aromatic heterocycles. The van der Waals surface area contributed by atoms with Gasteiger partial charge >= 0.3 is 5.97 Å². The van der Waals surface area contributed by atoms with Gasteiger partial charge in [0.05, 0.1) is 5.39 Å². The third-order valence-corrected chi connectivity index (χ3v) is 6.04. The normalized spacial score (nSPS) is 12.0. The van der Waals surface area contributed by atoms with E-state index < -0.39 is 12.0 Å². The standard InChI is InChI=1S/C25H23N3O4S/c1-15(2)21(28-22(29)17-11-7-4-8-12-17)25(31)32-13-19-26-23(30)20-18(14-33-24(20)27-19)16-9-5-3-6-10-16/h3-12,14-15,21H,13H2,1-2H3,(H,28,29)(H,26,27,30)/t21-/m0/s1. The van der Waals surface area contributed by atoms with Crippen molar-refractivity contribution >= 4 is 33.4 Å². The summed E-state index contributed by atoms with van der Waals surface area (Å²) < 4.78 is 5.40. The predicted molar refractivity (Wildman–Crippen MR) is 128 cm³/mol. The second kappa shape index (κ2) is 9.79. The van der Waals surface area contributed by atoms with Crippen LogP contribution in [0.5, 0.6) is 0 Å². The number of aromatic amines is 1. The van der Waals surface area contributed by atoms with Crippen molar-refractivity contribution in [1.82, 2.24) is 15.3 Å². The van der Waals surface area contributed by atoms with Crippen molar-refractivity contribution in [2.24, 2.45) is 5.92 Å². The Labute approximate surface area is 194 Å². The summed E-state index contributed by atoms with van der Waals surface area (Å²) in [6.45, 7) is 3.44. The number of fused-ring (bicyclic) bond motifs is 1. The maximum atomic E-state index is 12.8. The Morgan fingerprint density at radius 2 is 1.73 bits per heavy atom. The molecule has 2 N–H and O–H groups in total. The van der Waals surface area contributed by atoms with E-state index in [-0.39, 0.29) is 29.8 Å². The van der Waals surface area contributed by atoms with E-state index >= 15 is 0 Å². The SMILES string of the molecule is CC(C)[C@H](NC(=O)c1ccccc1)C(=O)OCc1nc2scc(-c3ccccc3)c2c(=O)[nH]1. The summed E-state index contributed by atoms with van der Waals surface area (Å²) in [4.78, 5) is 45.7. The Hall–Kier alpha value is -3.78. The summed E-state index contributed by atoms with van der Waals surface area (Å²) in [6.07, 6.45) is 0. The number of ether oxygens (including phenoxy) is 1. The molecule has 0 aliphatic heterocycles. The molecule has 0 unspecified atom stereocenters. The van der Waals surface area contributed by atoms with E-state index in [2.05, 4.69) is 15.3 Å². The van der Waals surface area contributed by atoms with Gasteiger partial charge in [0, 0.05) is 16.5 Å². The molecule has 4 aromatic rings. The second-order valence-electron chi connectivity index (χ2n) is 7.88. The highest BCUT2D eigenvalue weighted by atomic mass is 32.1. The highest BCUT2D eigenvalue weighted by Gasteiger charge is 2.26. The second-order valence-corrected chi connectivity index (χ2v) is 8.74. The summed E-state index contributed by atoms with van der Waals surface area (Å²) in [6, 6.07) is 17.4. The molecule has 2 heterocycles. The number of amides is 1. The molecule has 0 spiro atoms. The first-order valence-corrected chi connectivity index (χ1v) is 11.4. The van der Waals surface area contributed by atoms with Crippen LogP contribution in [0.2, 0.25) is 0 Å². The Bertz CT molecular complexity index is 1330. The molecule has 33 heavy (non-hydrogen) atoms. The summed E-state index contributed by atoms with van der Waals surface area (Å²) >= 11 is 1.36. The number of nitrogens with one attached hydrogen (secondary N) is 2. The van der Waals surface area contributed by atoms with Gasteiger partial charge < -0.3 is 15.0 Å². The van der Waals surface area contributed by atoms with Gasteiger partial charge in [0.1, 0.15) is 23.3 Å². The fourth-order valence-corrected chi connectivity index (χ4v) is 4.40. The number of carbonyl (C=O) groups excluding carboxylic acids is 2. The summed E-state index contributed by atoms with van der Waals surface area (Å²) in [5.41, 5.74) is 1.92. The van der Waals surface area contributed by atoms with E-state index in [1.807, 2.05) is 55.6 Å². The largest absolute Gasteiger partial charge is 0.456 e. The van der Waals surface area contributed by atoms with Gasteiger partial charge in [0.2, 0.25) is 0 Å². The third kappa shape index (κ3) is 5.01. The number of hydrogen-bond acceptors (Lipinski definition) is 6. The molecule has 1 amide bonds. The maximum Gasteiger partial charge on any atom is 0.329 e. The van der Waals surface area contributed by atoms with Gasteiger partial charge in [-0.1, -0.05) is 62.4 Å². The molecule has 4 rings (SSSR count). The monoisotopic (exact) mass is 461 g/mol. The van der Waals surface area contributed by atoms with Crippen molar-refractivity contribution in [3.8, 4) is 11.1 Å². The number of esters is 1. The van der Waals surface area contributed by atoms with Gasteiger partial charge in [-0.25, -0.2) is 9.78 Å². The lowest BCUT2D eigenvalue weighted by Gasteiger charge is -2.20. The van der Waals surface area contributed by atoms with Crippen LogP contribution in [-0.4, -0.2) is 27.9 Å². The van der Waals surface area contributed by atoms with Crippen LogP contribution in [0.15, 0.2) is 70.8 Å². The first-order valence-electron chi connectivity index (χ1n) is 10.5. The Morgan fingerprint density at radius 3 is 2.39 bits per heavy atom. The number of carbonyl (C=O) groups is 2. The number of aromatic nitrogens is 2. The highest BCUT2D eigenvalue weighted by Crippen LogP contribution is 2.30. The van der Waals surface area contributed by atoms with Crippen LogP contribution in [-0.2, 0) is 16.1 Å². The molecule has 0 bridgehead atoms. The fraction of sp³-hybridized carbons (Fsp3) is 0.200. The van der Waals surface area contributed by atoms with Crippen LogP contribution in [0, 0.1) is 5.92 Å². The first kappa shape index (κ1) is 22.4. The molecule has 0 saturated carbocycles. The smallest absolute Gasteiger partial charge is 0.329 e. The first-order chi connectivity index (χ1) is 15.9. The van der Waals surface area contributed by atoms with Crippen LogP contribution in [0.3, 0.4) is 0 Å². The van der Waals surface area contributed by atoms with Crippen molar-refractivity contribution in [2.45, 2.75) is 26.5 Å². The zero-order valence-electron chi connectivity index (χ0n) is 18.2. The van der Waals surface area contributed by atoms with E-state index in [0.29, 0.717) is 15.8 Å². The molecule has 0 radical (unpaired) electrons. The minimum atomic E-state index is -0.834. The number of rotatable bonds is 7. The van der Waals surface area contributed by atoms with E-state index in [0.717, 1.165) is 11.1 Å². The summed E-state index contributed by atoms with van der Waals surface area (Å²) in [5, 5.41) is 5.13. The number of thiophene rings is 1. The van der Waals surface area contributed by atoms with E-state index in [4.69, 9.17) is 4.74 Å². The lowest BCUT2D eigenvalue weighted by Crippen LogP contribution is -2.45. The van der Waals surface area contributed by atoms with Gasteiger partial charge in [-0.05, 0) is 23.6 Å². The minimum absolute atomic E-state index is 0.189. The Morgan fingerprint density at radius 1 is 1.06 bits per heavy atom. The molecule has 0 fully saturated rings. The van der Waals surface area contributed by atoms with Crippen LogP contribution in [0.25, 0.3) is 21.3 Å². The number of H-pyrrole nitrogens is 1. The number of benzene rings is 2. The van der Waals surface area contributed by atoms with Gasteiger partial charge in [-0.15, -0.1) is 11.3 Å². The molecular formula is C25H23N3O4S. The molecule has 0 aliphatic carbocycles. The molecule has 168 valence electrons. The van der Waals surface area contributed by atoms with Crippen LogP contribution < -0.4 is 10.9 Å². The van der Waals surface area contributed by atoms with Crippen LogP contribution in [0.1, 0.15) is 30.0 Å². The van der Waals surface area contributed by atoms with Crippen molar-refractivity contribution in [3.05, 3.63) is 87.8 Å².